The van der Waals surface area contributed by atoms with Gasteiger partial charge < -0.3 is 15.2 Å². The van der Waals surface area contributed by atoms with E-state index in [4.69, 9.17) is 5.84 Å². The number of carbonyl (C=O) groups is 1. The molecule has 1 aromatic rings. The maximum absolute atomic E-state index is 12.7. The molecule has 0 spiro atoms. The number of rotatable bonds is 4. The molecule has 116 valence electrons. The largest absolute Gasteiger partial charge is 0.336 e. The summed E-state index contributed by atoms with van der Waals surface area (Å²) in [5.41, 5.74) is 3.34. The van der Waals surface area contributed by atoms with Crippen molar-refractivity contribution in [2.75, 3.05) is 32.6 Å². The van der Waals surface area contributed by atoms with Crippen LogP contribution in [0.15, 0.2) is 6.20 Å². The fraction of sp³-hybridized carbons (Fsp3) is 0.643. The molecule has 0 radical (unpaired) electrons. The molecule has 1 unspecified atom stereocenters. The van der Waals surface area contributed by atoms with Crippen LogP contribution in [0, 0.1) is 0 Å². The SMILES string of the molecule is CC(C)c1ncc(NN)c(C(=O)N2CCC(N(C)C)C2)n1. The van der Waals surface area contributed by atoms with Crippen LogP contribution in [0.3, 0.4) is 0 Å². The minimum atomic E-state index is -0.0865. The van der Waals surface area contributed by atoms with Crippen molar-refractivity contribution in [3.8, 4) is 0 Å². The number of nitrogens with one attached hydrogen (secondary N) is 1. The van der Waals surface area contributed by atoms with Crippen molar-refractivity contribution >= 4 is 11.6 Å². The second kappa shape index (κ2) is 6.36. The van der Waals surface area contributed by atoms with Crippen LogP contribution in [-0.2, 0) is 0 Å². The number of nitrogens with zero attached hydrogens (tertiary/aromatic N) is 4. The first-order valence-corrected chi connectivity index (χ1v) is 7.23. The first-order chi connectivity index (χ1) is 9.93. The molecule has 2 rings (SSSR count). The van der Waals surface area contributed by atoms with Gasteiger partial charge in [-0.2, -0.15) is 0 Å². The summed E-state index contributed by atoms with van der Waals surface area (Å²) in [6.45, 7) is 5.46. The highest BCUT2D eigenvalue weighted by Crippen LogP contribution is 2.21. The van der Waals surface area contributed by atoms with Gasteiger partial charge in [0.25, 0.3) is 5.91 Å². The summed E-state index contributed by atoms with van der Waals surface area (Å²) in [4.78, 5) is 25.3. The molecular formula is C14H24N6O. The Morgan fingerprint density at radius 1 is 1.52 bits per heavy atom. The summed E-state index contributed by atoms with van der Waals surface area (Å²) in [5.74, 6) is 6.21. The average Bonchev–Trinajstić information content (AvgIpc) is 2.95. The van der Waals surface area contributed by atoms with E-state index in [1.807, 2.05) is 32.8 Å². The lowest BCUT2D eigenvalue weighted by Gasteiger charge is -2.21. The molecule has 0 bridgehead atoms. The number of carbonyl (C=O) groups excluding carboxylic acids is 1. The lowest BCUT2D eigenvalue weighted by Crippen LogP contribution is -2.35. The fourth-order valence-electron chi connectivity index (χ4n) is 2.44. The van der Waals surface area contributed by atoms with E-state index in [1.54, 1.807) is 6.20 Å². The summed E-state index contributed by atoms with van der Waals surface area (Å²) in [5, 5.41) is 0. The second-order valence-electron chi connectivity index (χ2n) is 5.95. The lowest BCUT2D eigenvalue weighted by molar-refractivity contribution is 0.0777. The summed E-state index contributed by atoms with van der Waals surface area (Å²) < 4.78 is 0. The highest BCUT2D eigenvalue weighted by atomic mass is 16.2. The van der Waals surface area contributed by atoms with E-state index in [1.165, 1.54) is 0 Å². The molecule has 0 aromatic carbocycles. The van der Waals surface area contributed by atoms with Gasteiger partial charge in [-0.15, -0.1) is 0 Å². The number of hydrogen-bond acceptors (Lipinski definition) is 6. The van der Waals surface area contributed by atoms with E-state index in [0.717, 1.165) is 19.5 Å². The van der Waals surface area contributed by atoms with Crippen molar-refractivity contribution in [1.29, 1.82) is 0 Å². The number of nitrogen functional groups attached to an aromatic ring is 1. The van der Waals surface area contributed by atoms with E-state index < -0.39 is 0 Å². The number of likely N-dealkylation sites (tertiary alicyclic amines) is 1. The Morgan fingerprint density at radius 3 is 2.76 bits per heavy atom. The first-order valence-electron chi connectivity index (χ1n) is 7.23. The van der Waals surface area contributed by atoms with Gasteiger partial charge in [-0.3, -0.25) is 10.6 Å². The summed E-state index contributed by atoms with van der Waals surface area (Å²) >= 11 is 0. The zero-order valence-electron chi connectivity index (χ0n) is 13.1. The second-order valence-corrected chi connectivity index (χ2v) is 5.95. The third-order valence-corrected chi connectivity index (χ3v) is 3.86. The summed E-state index contributed by atoms with van der Waals surface area (Å²) in [6.07, 6.45) is 2.56. The molecule has 1 saturated heterocycles. The number of hydrazine groups is 1. The van der Waals surface area contributed by atoms with Gasteiger partial charge in [0.15, 0.2) is 5.69 Å². The van der Waals surface area contributed by atoms with Gasteiger partial charge in [0, 0.05) is 25.0 Å². The summed E-state index contributed by atoms with van der Waals surface area (Å²) in [6, 6.07) is 0.398. The topological polar surface area (TPSA) is 87.4 Å². The van der Waals surface area contributed by atoms with Crippen molar-refractivity contribution in [1.82, 2.24) is 19.8 Å². The van der Waals surface area contributed by atoms with E-state index in [-0.39, 0.29) is 11.8 Å². The van der Waals surface area contributed by atoms with Crippen LogP contribution >= 0.6 is 0 Å². The maximum atomic E-state index is 12.7. The first kappa shape index (κ1) is 15.7. The normalized spacial score (nSPS) is 18.6. The van der Waals surface area contributed by atoms with Crippen LogP contribution in [0.2, 0.25) is 0 Å². The monoisotopic (exact) mass is 292 g/mol. The van der Waals surface area contributed by atoms with Gasteiger partial charge >= 0.3 is 0 Å². The molecule has 21 heavy (non-hydrogen) atoms. The van der Waals surface area contributed by atoms with Crippen LogP contribution in [0.5, 0.6) is 0 Å². The third kappa shape index (κ3) is 3.30. The quantitative estimate of drug-likeness (QED) is 0.626. The van der Waals surface area contributed by atoms with Gasteiger partial charge in [0.2, 0.25) is 0 Å². The highest BCUT2D eigenvalue weighted by molar-refractivity contribution is 5.97. The number of amides is 1. The average molecular weight is 292 g/mol. The Balaban J connectivity index is 2.24. The van der Waals surface area contributed by atoms with E-state index in [2.05, 4.69) is 20.3 Å². The van der Waals surface area contributed by atoms with Crippen molar-refractivity contribution in [3.63, 3.8) is 0 Å². The number of aromatic nitrogens is 2. The highest BCUT2D eigenvalue weighted by Gasteiger charge is 2.30. The Labute approximate surface area is 125 Å². The van der Waals surface area contributed by atoms with Gasteiger partial charge in [-0.25, -0.2) is 9.97 Å². The van der Waals surface area contributed by atoms with Crippen LogP contribution in [0.25, 0.3) is 0 Å². The zero-order valence-corrected chi connectivity index (χ0v) is 13.1. The molecule has 1 aliphatic rings. The summed E-state index contributed by atoms with van der Waals surface area (Å²) in [7, 11) is 4.07. The minimum absolute atomic E-state index is 0.0865. The van der Waals surface area contributed by atoms with E-state index in [0.29, 0.717) is 23.2 Å². The Hall–Kier alpha value is -1.73. The van der Waals surface area contributed by atoms with E-state index in [9.17, 15) is 4.79 Å². The van der Waals surface area contributed by atoms with Crippen LogP contribution < -0.4 is 11.3 Å². The molecular weight excluding hydrogens is 268 g/mol. The number of nitrogens with two attached hydrogens (primary N) is 1. The predicted molar refractivity (Wildman–Crippen MR) is 81.9 cm³/mol. The van der Waals surface area contributed by atoms with Gasteiger partial charge in [0.05, 0.1) is 11.9 Å². The van der Waals surface area contributed by atoms with Gasteiger partial charge in [-0.05, 0) is 20.5 Å². The molecule has 7 heteroatoms. The van der Waals surface area contributed by atoms with Crippen LogP contribution in [0.4, 0.5) is 5.69 Å². The van der Waals surface area contributed by atoms with Gasteiger partial charge in [-0.1, -0.05) is 13.8 Å². The molecule has 0 saturated carbocycles. The predicted octanol–water partition coefficient (Wildman–Crippen LogP) is 0.662. The molecule has 1 amide bonds. The molecule has 3 N–H and O–H groups in total. The fourth-order valence-corrected chi connectivity index (χ4v) is 2.44. The molecule has 7 nitrogen and oxygen atoms in total. The lowest BCUT2D eigenvalue weighted by atomic mass is 10.2. The smallest absolute Gasteiger partial charge is 0.274 e. The Kier molecular flexibility index (Phi) is 4.74. The van der Waals surface area contributed by atoms with Crippen LogP contribution in [-0.4, -0.2) is 58.9 Å². The number of hydrogen-bond donors (Lipinski definition) is 2. The Morgan fingerprint density at radius 2 is 2.24 bits per heavy atom. The van der Waals surface area contributed by atoms with Crippen molar-refractivity contribution in [3.05, 3.63) is 17.7 Å². The Bertz CT molecular complexity index is 516. The number of likely N-dealkylation sites (N-methyl/N-ethyl adjacent to an activating group) is 1. The molecule has 1 fully saturated rings. The van der Waals surface area contributed by atoms with E-state index >= 15 is 0 Å². The van der Waals surface area contributed by atoms with Crippen LogP contribution in [0.1, 0.15) is 42.5 Å². The van der Waals surface area contributed by atoms with Crippen molar-refractivity contribution in [2.24, 2.45) is 5.84 Å². The zero-order chi connectivity index (χ0) is 15.6. The molecule has 1 aromatic heterocycles. The third-order valence-electron chi connectivity index (χ3n) is 3.86. The van der Waals surface area contributed by atoms with Gasteiger partial charge in [0.1, 0.15) is 5.82 Å². The minimum Gasteiger partial charge on any atom is -0.336 e. The molecule has 0 aliphatic carbocycles. The molecule has 2 heterocycles. The number of anilines is 1. The maximum Gasteiger partial charge on any atom is 0.274 e. The van der Waals surface area contributed by atoms with Crippen molar-refractivity contribution < 1.29 is 4.79 Å². The van der Waals surface area contributed by atoms with Crippen molar-refractivity contribution in [2.45, 2.75) is 32.2 Å². The standard InChI is InChI=1S/C14H24N6O/c1-9(2)13-16-7-11(18-15)12(17-13)14(21)20-6-5-10(8-20)19(3)4/h7,9-10,18H,5-6,8,15H2,1-4H3. The molecule has 1 aliphatic heterocycles. The molecule has 1 atom stereocenters.